The van der Waals surface area contributed by atoms with Crippen LogP contribution in [-0.2, 0) is 28.6 Å². The van der Waals surface area contributed by atoms with Crippen LogP contribution < -0.4 is 0 Å². The van der Waals surface area contributed by atoms with Crippen LogP contribution in [-0.4, -0.2) is 41.5 Å². The lowest BCUT2D eigenvalue weighted by atomic mass is 9.59. The van der Waals surface area contributed by atoms with Crippen molar-refractivity contribution in [3.8, 4) is 0 Å². The highest BCUT2D eigenvalue weighted by atomic mass is 16.6. The molecule has 0 N–H and O–H groups in total. The van der Waals surface area contributed by atoms with Crippen molar-refractivity contribution in [2.45, 2.75) is 85.5 Å². The van der Waals surface area contributed by atoms with Crippen molar-refractivity contribution in [2.75, 3.05) is 0 Å². The molecule has 4 saturated carbocycles. The molecule has 0 bridgehead atoms. The Hall–Kier alpha value is -2.70. The van der Waals surface area contributed by atoms with E-state index in [2.05, 4.69) is 20.8 Å². The Kier molecular flexibility index (Phi) is 6.31. The molecule has 0 saturated heterocycles. The average Bonchev–Trinajstić information content (AvgIpc) is 3.30. The number of carbonyl (C=O) groups excluding carboxylic acids is 4. The van der Waals surface area contributed by atoms with Gasteiger partial charge in [-0.05, 0) is 54.1 Å². The van der Waals surface area contributed by atoms with Crippen LogP contribution in [0.25, 0.3) is 0 Å². The smallest absolute Gasteiger partial charge is 0.338 e. The SMILES string of the molecule is CC(=O)O[C@@H]1[C@H]2[C@@H](OC(=O)c3ccccc3)[C@@H](C)C[C@]2(OC(C)=O)C(=O)[C@H](C)[C@@H]2[C@@H]3[C@H](CC[C@]21C)C3(C)C. The lowest BCUT2D eigenvalue weighted by Gasteiger charge is -2.49. The third kappa shape index (κ3) is 3.83. The molecule has 0 heterocycles. The second kappa shape index (κ2) is 8.92. The fourth-order valence-corrected chi connectivity index (χ4v) is 9.06. The number of esters is 3. The fraction of sp³-hybridized carbons (Fsp3) is 0.677. The Morgan fingerprint density at radius 3 is 2.16 bits per heavy atom. The number of ether oxygens (including phenoxy) is 3. The Morgan fingerprint density at radius 1 is 0.895 bits per heavy atom. The van der Waals surface area contributed by atoms with Gasteiger partial charge in [0.25, 0.3) is 0 Å². The van der Waals surface area contributed by atoms with Crippen molar-refractivity contribution < 1.29 is 33.4 Å². The summed E-state index contributed by atoms with van der Waals surface area (Å²) < 4.78 is 18.4. The second-order valence-corrected chi connectivity index (χ2v) is 13.1. The predicted octanol–water partition coefficient (Wildman–Crippen LogP) is 5.01. The van der Waals surface area contributed by atoms with Crippen LogP contribution in [0, 0.1) is 46.3 Å². The summed E-state index contributed by atoms with van der Waals surface area (Å²) >= 11 is 0. The van der Waals surface area contributed by atoms with Gasteiger partial charge in [-0.15, -0.1) is 0 Å². The lowest BCUT2D eigenvalue weighted by Crippen LogP contribution is -2.56. The van der Waals surface area contributed by atoms with E-state index in [1.165, 1.54) is 13.8 Å². The Labute approximate surface area is 225 Å². The number of hydrogen-bond donors (Lipinski definition) is 0. The number of Topliss-reactive ketones (excluding diaryl/α,β-unsaturated/α-hetero) is 1. The highest BCUT2D eigenvalue weighted by molar-refractivity contribution is 5.94. The van der Waals surface area contributed by atoms with Gasteiger partial charge in [-0.3, -0.25) is 14.4 Å². The van der Waals surface area contributed by atoms with E-state index in [1.54, 1.807) is 24.3 Å². The summed E-state index contributed by atoms with van der Waals surface area (Å²) in [6.45, 7) is 13.2. The van der Waals surface area contributed by atoms with Crippen molar-refractivity contribution in [1.82, 2.24) is 0 Å². The Bertz CT molecular complexity index is 1160. The van der Waals surface area contributed by atoms with E-state index in [4.69, 9.17) is 14.2 Å². The third-order valence-corrected chi connectivity index (χ3v) is 10.6. The van der Waals surface area contributed by atoms with Gasteiger partial charge in [0.05, 0.1) is 11.5 Å². The number of rotatable bonds is 4. The van der Waals surface area contributed by atoms with E-state index in [1.807, 2.05) is 19.9 Å². The third-order valence-electron chi connectivity index (χ3n) is 10.6. The summed E-state index contributed by atoms with van der Waals surface area (Å²) in [4.78, 5) is 53.1. The molecular weight excluding hydrogens is 484 g/mol. The molecule has 0 unspecified atom stereocenters. The van der Waals surface area contributed by atoms with Crippen LogP contribution >= 0.6 is 0 Å². The van der Waals surface area contributed by atoms with Gasteiger partial charge in [0.2, 0.25) is 0 Å². The van der Waals surface area contributed by atoms with Gasteiger partial charge in [-0.1, -0.05) is 52.8 Å². The summed E-state index contributed by atoms with van der Waals surface area (Å²) in [5, 5.41) is 0. The van der Waals surface area contributed by atoms with E-state index in [9.17, 15) is 19.2 Å². The highest BCUT2D eigenvalue weighted by Gasteiger charge is 2.76. The van der Waals surface area contributed by atoms with Crippen LogP contribution in [0.5, 0.6) is 0 Å². The molecule has 0 radical (unpaired) electrons. The standard InChI is InChI=1S/C31H40O7/c1-16-15-31(38-19(4)33)24(25(16)37-28(35)20-11-9-8-10-12-20)27(36-18(3)32)30(7)14-13-21-23(29(21,5)6)22(30)17(2)26(31)34/h8-12,16-17,21-25,27H,13-15H2,1-7H3/t16-,17+,21-,22+,23-,24+,25-,27+,30+,31+/m0/s1. The van der Waals surface area contributed by atoms with Gasteiger partial charge < -0.3 is 14.2 Å². The summed E-state index contributed by atoms with van der Waals surface area (Å²) in [6.07, 6.45) is 0.432. The van der Waals surface area contributed by atoms with Crippen molar-refractivity contribution >= 4 is 23.7 Å². The fourth-order valence-electron chi connectivity index (χ4n) is 9.06. The van der Waals surface area contributed by atoms with Crippen LogP contribution in [0.1, 0.15) is 78.1 Å². The number of ketones is 1. The summed E-state index contributed by atoms with van der Waals surface area (Å²) in [6, 6.07) is 8.70. The minimum atomic E-state index is -1.54. The normalized spacial score (nSPS) is 42.6. The number of benzene rings is 1. The minimum absolute atomic E-state index is 0.0492. The van der Waals surface area contributed by atoms with Gasteiger partial charge in [0.15, 0.2) is 11.4 Å². The molecule has 0 aliphatic heterocycles. The Morgan fingerprint density at radius 2 is 1.55 bits per heavy atom. The van der Waals surface area contributed by atoms with E-state index in [0.29, 0.717) is 17.4 Å². The molecule has 0 spiro atoms. The average molecular weight is 525 g/mol. The van der Waals surface area contributed by atoms with E-state index < -0.39 is 53.0 Å². The summed E-state index contributed by atoms with van der Waals surface area (Å²) in [7, 11) is 0. The van der Waals surface area contributed by atoms with E-state index in [0.717, 1.165) is 12.8 Å². The zero-order chi connectivity index (χ0) is 27.8. The van der Waals surface area contributed by atoms with E-state index >= 15 is 0 Å². The van der Waals surface area contributed by atoms with Gasteiger partial charge in [0, 0.05) is 31.6 Å². The van der Waals surface area contributed by atoms with Gasteiger partial charge >= 0.3 is 17.9 Å². The zero-order valence-corrected chi connectivity index (χ0v) is 23.5. The van der Waals surface area contributed by atoms with Gasteiger partial charge in [-0.2, -0.15) is 0 Å². The summed E-state index contributed by atoms with van der Waals surface area (Å²) in [5.74, 6) is -2.44. The number of hydrogen-bond acceptors (Lipinski definition) is 7. The molecule has 38 heavy (non-hydrogen) atoms. The first-order valence-corrected chi connectivity index (χ1v) is 13.9. The molecule has 1 aromatic carbocycles. The van der Waals surface area contributed by atoms with Gasteiger partial charge in [-0.25, -0.2) is 4.79 Å². The van der Waals surface area contributed by atoms with Crippen LogP contribution in [0.3, 0.4) is 0 Å². The molecule has 0 aromatic heterocycles. The van der Waals surface area contributed by atoms with Crippen molar-refractivity contribution in [1.29, 1.82) is 0 Å². The maximum atomic E-state index is 14.6. The maximum absolute atomic E-state index is 14.6. The van der Waals surface area contributed by atoms with Crippen molar-refractivity contribution in [3.05, 3.63) is 35.9 Å². The number of fused-ring (bicyclic) bond motifs is 4. The molecule has 7 heteroatoms. The molecule has 4 aliphatic rings. The quantitative estimate of drug-likeness (QED) is 0.404. The lowest BCUT2D eigenvalue weighted by molar-refractivity contribution is -0.191. The monoisotopic (exact) mass is 524 g/mol. The molecule has 7 nitrogen and oxygen atoms in total. The topological polar surface area (TPSA) is 96.0 Å². The highest BCUT2D eigenvalue weighted by Crippen LogP contribution is 2.74. The van der Waals surface area contributed by atoms with Crippen LogP contribution in [0.2, 0.25) is 0 Å². The molecule has 4 fully saturated rings. The largest absolute Gasteiger partial charge is 0.461 e. The molecule has 206 valence electrons. The second-order valence-electron chi connectivity index (χ2n) is 13.1. The van der Waals surface area contributed by atoms with Gasteiger partial charge in [0.1, 0.15) is 12.2 Å². The first-order chi connectivity index (χ1) is 17.8. The molecule has 10 atom stereocenters. The molecule has 5 rings (SSSR count). The molecule has 0 amide bonds. The molecular formula is C31H40O7. The summed E-state index contributed by atoms with van der Waals surface area (Å²) in [5.41, 5.74) is -1.62. The molecule has 1 aromatic rings. The number of carbonyl (C=O) groups is 4. The minimum Gasteiger partial charge on any atom is -0.461 e. The zero-order valence-electron chi connectivity index (χ0n) is 23.5. The van der Waals surface area contributed by atoms with Crippen LogP contribution in [0.15, 0.2) is 30.3 Å². The first kappa shape index (κ1) is 26.9. The first-order valence-electron chi connectivity index (χ1n) is 13.9. The van der Waals surface area contributed by atoms with Crippen LogP contribution in [0.4, 0.5) is 0 Å². The Balaban J connectivity index is 1.67. The maximum Gasteiger partial charge on any atom is 0.338 e. The van der Waals surface area contributed by atoms with Crippen molar-refractivity contribution in [2.24, 2.45) is 46.3 Å². The van der Waals surface area contributed by atoms with Crippen molar-refractivity contribution in [3.63, 3.8) is 0 Å². The molecule has 4 aliphatic carbocycles. The van der Waals surface area contributed by atoms with E-state index in [-0.39, 0.29) is 29.5 Å². The predicted molar refractivity (Wildman–Crippen MR) is 139 cm³/mol.